The van der Waals surface area contributed by atoms with Crippen LogP contribution in [0.4, 0.5) is 0 Å². The summed E-state index contributed by atoms with van der Waals surface area (Å²) in [4.78, 5) is 0.293. The minimum Gasteiger partial charge on any atom is -0.496 e. The molecule has 100 valence electrons. The van der Waals surface area contributed by atoms with Crippen LogP contribution in [0.1, 0.15) is 24.0 Å². The first-order valence-electron chi connectivity index (χ1n) is 5.85. The van der Waals surface area contributed by atoms with Gasteiger partial charge in [0, 0.05) is 12.7 Å². The maximum Gasteiger partial charge on any atom is 0.175 e. The van der Waals surface area contributed by atoms with E-state index in [1.54, 1.807) is 19.2 Å². The molecular weight excluding hydrogens is 252 g/mol. The van der Waals surface area contributed by atoms with Gasteiger partial charge in [-0.2, -0.15) is 0 Å². The lowest BCUT2D eigenvalue weighted by molar-refractivity contribution is 0.150. The Bertz CT molecular complexity index is 571. The monoisotopic (exact) mass is 270 g/mol. The quantitative estimate of drug-likeness (QED) is 0.900. The summed E-state index contributed by atoms with van der Waals surface area (Å²) in [6, 6.07) is 3.34. The number of ether oxygens (including phenoxy) is 1. The van der Waals surface area contributed by atoms with Crippen LogP contribution in [0.2, 0.25) is 0 Å². The molecule has 1 aromatic carbocycles. The number of aliphatic hydroxyl groups is 1. The molecule has 0 saturated heterocycles. The highest BCUT2D eigenvalue weighted by Gasteiger charge is 2.41. The molecule has 0 unspecified atom stereocenters. The van der Waals surface area contributed by atoms with Crippen molar-refractivity contribution in [3.05, 3.63) is 23.3 Å². The van der Waals surface area contributed by atoms with E-state index in [0.717, 1.165) is 18.4 Å². The Morgan fingerprint density at radius 2 is 2.00 bits per heavy atom. The van der Waals surface area contributed by atoms with Crippen LogP contribution in [0.5, 0.6) is 5.75 Å². The number of benzene rings is 1. The van der Waals surface area contributed by atoms with Crippen molar-refractivity contribution in [2.24, 2.45) is 0 Å². The van der Waals surface area contributed by atoms with Gasteiger partial charge >= 0.3 is 0 Å². The van der Waals surface area contributed by atoms with Crippen LogP contribution in [0, 0.1) is 6.92 Å². The first-order valence-corrected chi connectivity index (χ1v) is 7.74. The lowest BCUT2D eigenvalue weighted by Crippen LogP contribution is -2.14. The average Bonchev–Trinajstić information content (AvgIpc) is 2.97. The van der Waals surface area contributed by atoms with Crippen molar-refractivity contribution in [2.75, 3.05) is 13.4 Å². The van der Waals surface area contributed by atoms with Gasteiger partial charge in [-0.05, 0) is 43.0 Å². The summed E-state index contributed by atoms with van der Waals surface area (Å²) in [5.41, 5.74) is 0.698. The van der Waals surface area contributed by atoms with Crippen molar-refractivity contribution in [1.29, 1.82) is 0 Å². The number of hydrogen-bond donors (Lipinski definition) is 1. The van der Waals surface area contributed by atoms with Gasteiger partial charge in [0.25, 0.3) is 0 Å². The highest BCUT2D eigenvalue weighted by molar-refractivity contribution is 7.90. The molecule has 1 aliphatic carbocycles. The molecule has 1 saturated carbocycles. The van der Waals surface area contributed by atoms with Crippen LogP contribution in [0.25, 0.3) is 0 Å². The van der Waals surface area contributed by atoms with Crippen molar-refractivity contribution >= 4 is 9.84 Å². The van der Waals surface area contributed by atoms with Crippen molar-refractivity contribution < 1.29 is 18.3 Å². The third-order valence-electron chi connectivity index (χ3n) is 3.32. The highest BCUT2D eigenvalue weighted by atomic mass is 32.2. The maximum absolute atomic E-state index is 11.8. The fourth-order valence-electron chi connectivity index (χ4n) is 2.08. The van der Waals surface area contributed by atoms with E-state index in [9.17, 15) is 13.5 Å². The first kappa shape index (κ1) is 13.4. The summed E-state index contributed by atoms with van der Waals surface area (Å²) in [5, 5.41) is 9.97. The summed E-state index contributed by atoms with van der Waals surface area (Å²) in [5.74, 6) is 0.654. The number of hydrogen-bond acceptors (Lipinski definition) is 4. The molecular formula is C13H18O4S. The minimum atomic E-state index is -3.29. The summed E-state index contributed by atoms with van der Waals surface area (Å²) < 4.78 is 28.8. The topological polar surface area (TPSA) is 63.6 Å². The smallest absolute Gasteiger partial charge is 0.175 e. The Morgan fingerprint density at radius 3 is 2.44 bits per heavy atom. The lowest BCUT2D eigenvalue weighted by atomic mass is 10.0. The van der Waals surface area contributed by atoms with Crippen molar-refractivity contribution in [2.45, 2.75) is 36.7 Å². The SMILES string of the molecule is COc1cc(CC2(O)CC2)c(S(C)(=O)=O)cc1C. The first-order chi connectivity index (χ1) is 8.25. The standard InChI is InChI=1S/C13H18O4S/c1-9-6-12(18(3,15)16)10(7-11(9)17-2)8-13(14)4-5-13/h6-7,14H,4-5,8H2,1-3H3. The predicted octanol–water partition coefficient (Wildman–Crippen LogP) is 1.47. The molecule has 1 fully saturated rings. The third-order valence-corrected chi connectivity index (χ3v) is 4.50. The molecule has 0 atom stereocenters. The van der Waals surface area contributed by atoms with E-state index in [4.69, 9.17) is 4.74 Å². The molecule has 0 spiro atoms. The van der Waals surface area contributed by atoms with Gasteiger partial charge < -0.3 is 9.84 Å². The molecule has 2 rings (SSSR count). The zero-order chi connectivity index (χ0) is 13.6. The Morgan fingerprint density at radius 1 is 1.39 bits per heavy atom. The molecule has 18 heavy (non-hydrogen) atoms. The summed E-state index contributed by atoms with van der Waals surface area (Å²) in [6.07, 6.45) is 3.01. The van der Waals surface area contributed by atoms with E-state index in [2.05, 4.69) is 0 Å². The fourth-order valence-corrected chi connectivity index (χ4v) is 3.08. The zero-order valence-electron chi connectivity index (χ0n) is 10.9. The van der Waals surface area contributed by atoms with Crippen LogP contribution < -0.4 is 4.74 Å². The molecule has 0 aromatic heterocycles. The summed E-state index contributed by atoms with van der Waals surface area (Å²) in [7, 11) is -1.74. The molecule has 1 N–H and O–H groups in total. The number of aryl methyl sites for hydroxylation is 1. The largest absolute Gasteiger partial charge is 0.496 e. The van der Waals surface area contributed by atoms with Gasteiger partial charge in [-0.15, -0.1) is 0 Å². The van der Waals surface area contributed by atoms with Gasteiger partial charge in [-0.25, -0.2) is 8.42 Å². The second-order valence-electron chi connectivity index (χ2n) is 5.10. The second kappa shape index (κ2) is 4.24. The zero-order valence-corrected chi connectivity index (χ0v) is 11.7. The van der Waals surface area contributed by atoms with Crippen molar-refractivity contribution in [3.63, 3.8) is 0 Å². The van der Waals surface area contributed by atoms with Crippen LogP contribution in [-0.4, -0.2) is 32.5 Å². The van der Waals surface area contributed by atoms with Gasteiger partial charge in [0.1, 0.15) is 5.75 Å². The molecule has 1 aromatic rings. The number of sulfone groups is 1. The number of methoxy groups -OCH3 is 1. The Labute approximate surface area is 108 Å². The maximum atomic E-state index is 11.8. The molecule has 0 bridgehead atoms. The van der Waals surface area contributed by atoms with Gasteiger partial charge in [0.05, 0.1) is 17.6 Å². The Kier molecular flexibility index (Phi) is 3.15. The molecule has 0 radical (unpaired) electrons. The van der Waals surface area contributed by atoms with E-state index in [1.807, 2.05) is 6.92 Å². The minimum absolute atomic E-state index is 0.293. The normalized spacial score (nSPS) is 17.6. The molecule has 0 amide bonds. The fraction of sp³-hybridized carbons (Fsp3) is 0.538. The van der Waals surface area contributed by atoms with Crippen molar-refractivity contribution in [1.82, 2.24) is 0 Å². The molecule has 1 aliphatic rings. The predicted molar refractivity (Wildman–Crippen MR) is 68.7 cm³/mol. The molecule has 0 aliphatic heterocycles. The Hall–Kier alpha value is -1.07. The van der Waals surface area contributed by atoms with Crippen molar-refractivity contribution in [3.8, 4) is 5.75 Å². The van der Waals surface area contributed by atoms with E-state index in [1.165, 1.54) is 6.26 Å². The molecule has 0 heterocycles. The Balaban J connectivity index is 2.52. The van der Waals surface area contributed by atoms with Crippen LogP contribution in [0.3, 0.4) is 0 Å². The molecule has 5 heteroatoms. The van der Waals surface area contributed by atoms with E-state index < -0.39 is 15.4 Å². The van der Waals surface area contributed by atoms with E-state index in [0.29, 0.717) is 22.6 Å². The van der Waals surface area contributed by atoms with Gasteiger partial charge in [0.2, 0.25) is 0 Å². The van der Waals surface area contributed by atoms with E-state index >= 15 is 0 Å². The second-order valence-corrected chi connectivity index (χ2v) is 7.09. The average molecular weight is 270 g/mol. The molecule has 4 nitrogen and oxygen atoms in total. The van der Waals surface area contributed by atoms with Crippen LogP contribution in [-0.2, 0) is 16.3 Å². The van der Waals surface area contributed by atoms with Crippen LogP contribution in [0.15, 0.2) is 17.0 Å². The summed E-state index contributed by atoms with van der Waals surface area (Å²) >= 11 is 0. The van der Waals surface area contributed by atoms with Crippen LogP contribution >= 0.6 is 0 Å². The van der Waals surface area contributed by atoms with E-state index in [-0.39, 0.29) is 0 Å². The summed E-state index contributed by atoms with van der Waals surface area (Å²) in [6.45, 7) is 1.81. The third kappa shape index (κ3) is 2.67. The van der Waals surface area contributed by atoms with Gasteiger partial charge in [-0.1, -0.05) is 0 Å². The van der Waals surface area contributed by atoms with Gasteiger partial charge in [-0.3, -0.25) is 0 Å². The highest BCUT2D eigenvalue weighted by Crippen LogP contribution is 2.40. The lowest BCUT2D eigenvalue weighted by Gasteiger charge is -2.15. The van der Waals surface area contributed by atoms with Gasteiger partial charge in [0.15, 0.2) is 9.84 Å². The number of rotatable bonds is 4.